The van der Waals surface area contributed by atoms with Crippen LogP contribution >= 0.6 is 0 Å². The maximum atomic E-state index is 11.9. The fourth-order valence-corrected chi connectivity index (χ4v) is 1.62. The third-order valence-corrected chi connectivity index (χ3v) is 2.60. The first-order chi connectivity index (χ1) is 9.47. The second-order valence-corrected chi connectivity index (χ2v) is 4.17. The molecule has 1 unspecified atom stereocenters. The number of carboxylic acids is 1. The Bertz CT molecular complexity index is 635. The maximum Gasteiger partial charge on any atom is 0.331 e. The zero-order valence-corrected chi connectivity index (χ0v) is 10.6. The number of aromatic nitrogens is 3. The molecule has 0 saturated heterocycles. The average molecular weight is 275 g/mol. The van der Waals surface area contributed by atoms with Gasteiger partial charge >= 0.3 is 5.97 Å². The van der Waals surface area contributed by atoms with Crippen LogP contribution in [0.4, 0.5) is 5.69 Å². The van der Waals surface area contributed by atoms with Crippen LogP contribution in [0.5, 0.6) is 0 Å². The Hall–Kier alpha value is -2.90. The summed E-state index contributed by atoms with van der Waals surface area (Å²) in [6, 6.07) is 1.75. The predicted octanol–water partition coefficient (Wildman–Crippen LogP) is -0.0470. The van der Waals surface area contributed by atoms with Crippen LogP contribution < -0.4 is 11.1 Å². The topological polar surface area (TPSA) is 123 Å². The highest BCUT2D eigenvalue weighted by atomic mass is 16.4. The molecule has 8 nitrogen and oxygen atoms in total. The number of rotatable bonds is 4. The van der Waals surface area contributed by atoms with Crippen LogP contribution in [0.2, 0.25) is 0 Å². The molecule has 1 amide bonds. The molecule has 104 valence electrons. The number of amides is 1. The van der Waals surface area contributed by atoms with E-state index in [9.17, 15) is 14.7 Å². The molecule has 2 heterocycles. The molecule has 0 bridgehead atoms. The van der Waals surface area contributed by atoms with E-state index in [1.165, 1.54) is 35.4 Å². The van der Waals surface area contributed by atoms with Crippen molar-refractivity contribution >= 4 is 17.6 Å². The Kier molecular flexibility index (Phi) is 3.65. The summed E-state index contributed by atoms with van der Waals surface area (Å²) in [5.41, 5.74) is 6.36. The SMILES string of the molecule is Cn1cc(C(NC(=O)c2ccc(N)cn2)C(=O)O)cn1. The molecule has 0 aliphatic rings. The Labute approximate surface area is 114 Å². The van der Waals surface area contributed by atoms with Gasteiger partial charge in [-0.3, -0.25) is 9.48 Å². The molecule has 0 aliphatic carbocycles. The summed E-state index contributed by atoms with van der Waals surface area (Å²) in [6.45, 7) is 0. The number of nitrogens with one attached hydrogen (secondary N) is 1. The highest BCUT2D eigenvalue weighted by molar-refractivity contribution is 5.95. The van der Waals surface area contributed by atoms with Crippen LogP contribution in [0.15, 0.2) is 30.7 Å². The van der Waals surface area contributed by atoms with E-state index in [-0.39, 0.29) is 5.69 Å². The van der Waals surface area contributed by atoms with Gasteiger partial charge in [-0.05, 0) is 12.1 Å². The number of anilines is 1. The van der Waals surface area contributed by atoms with Crippen molar-refractivity contribution in [1.82, 2.24) is 20.1 Å². The minimum absolute atomic E-state index is 0.0920. The molecule has 20 heavy (non-hydrogen) atoms. The van der Waals surface area contributed by atoms with Crippen molar-refractivity contribution in [2.75, 3.05) is 5.73 Å². The van der Waals surface area contributed by atoms with Gasteiger partial charge < -0.3 is 16.2 Å². The number of hydrogen-bond donors (Lipinski definition) is 3. The minimum Gasteiger partial charge on any atom is -0.479 e. The van der Waals surface area contributed by atoms with Gasteiger partial charge in [0.25, 0.3) is 5.91 Å². The Morgan fingerprint density at radius 3 is 2.65 bits per heavy atom. The van der Waals surface area contributed by atoms with E-state index >= 15 is 0 Å². The molecule has 0 fully saturated rings. The third kappa shape index (κ3) is 2.91. The molecule has 2 rings (SSSR count). The van der Waals surface area contributed by atoms with Gasteiger partial charge in [0.15, 0.2) is 6.04 Å². The number of nitrogen functional groups attached to an aromatic ring is 1. The number of carbonyl (C=O) groups is 2. The predicted molar refractivity (Wildman–Crippen MR) is 69.7 cm³/mol. The first kappa shape index (κ1) is 13.5. The van der Waals surface area contributed by atoms with Crippen LogP contribution in [-0.2, 0) is 11.8 Å². The van der Waals surface area contributed by atoms with Crippen molar-refractivity contribution in [3.8, 4) is 0 Å². The van der Waals surface area contributed by atoms with Crippen LogP contribution in [0.1, 0.15) is 22.1 Å². The zero-order valence-electron chi connectivity index (χ0n) is 10.6. The number of carboxylic acid groups (broad SMARTS) is 1. The van der Waals surface area contributed by atoms with Gasteiger partial charge in [-0.25, -0.2) is 9.78 Å². The van der Waals surface area contributed by atoms with E-state index in [4.69, 9.17) is 5.73 Å². The van der Waals surface area contributed by atoms with Gasteiger partial charge in [0.1, 0.15) is 5.69 Å². The van der Waals surface area contributed by atoms with Gasteiger partial charge in [0.05, 0.1) is 18.1 Å². The van der Waals surface area contributed by atoms with E-state index in [0.29, 0.717) is 11.3 Å². The average Bonchev–Trinajstić information content (AvgIpc) is 2.82. The third-order valence-electron chi connectivity index (χ3n) is 2.60. The smallest absolute Gasteiger partial charge is 0.331 e. The van der Waals surface area contributed by atoms with Gasteiger partial charge in [-0.1, -0.05) is 0 Å². The second-order valence-electron chi connectivity index (χ2n) is 4.17. The normalized spacial score (nSPS) is 11.8. The maximum absolute atomic E-state index is 11.9. The lowest BCUT2D eigenvalue weighted by Crippen LogP contribution is -2.34. The minimum atomic E-state index is -1.18. The van der Waals surface area contributed by atoms with E-state index in [1.807, 2.05) is 0 Å². The monoisotopic (exact) mass is 275 g/mol. The second kappa shape index (κ2) is 5.39. The highest BCUT2D eigenvalue weighted by Gasteiger charge is 2.24. The molecule has 0 saturated carbocycles. The van der Waals surface area contributed by atoms with Gasteiger partial charge in [-0.2, -0.15) is 5.10 Å². The molecule has 0 aliphatic heterocycles. The summed E-state index contributed by atoms with van der Waals surface area (Å²) in [5, 5.41) is 15.5. The number of pyridine rings is 1. The fourth-order valence-electron chi connectivity index (χ4n) is 1.62. The molecular weight excluding hydrogens is 262 g/mol. The summed E-state index contributed by atoms with van der Waals surface area (Å²) in [4.78, 5) is 27.0. The Morgan fingerprint density at radius 2 is 2.15 bits per heavy atom. The lowest BCUT2D eigenvalue weighted by Gasteiger charge is -2.12. The van der Waals surface area contributed by atoms with Gasteiger partial charge in [-0.15, -0.1) is 0 Å². The quantitative estimate of drug-likeness (QED) is 0.719. The van der Waals surface area contributed by atoms with Crippen LogP contribution in [0.25, 0.3) is 0 Å². The zero-order chi connectivity index (χ0) is 14.7. The molecule has 0 aromatic carbocycles. The summed E-state index contributed by atoms with van der Waals surface area (Å²) in [6.07, 6.45) is 4.24. The standard InChI is InChI=1S/C12H13N5O3/c1-17-6-7(4-15-17)10(12(19)20)16-11(18)9-3-2-8(13)5-14-9/h2-6,10H,13H2,1H3,(H,16,18)(H,19,20). The molecule has 2 aromatic rings. The van der Waals surface area contributed by atoms with Crippen molar-refractivity contribution in [3.05, 3.63) is 42.0 Å². The van der Waals surface area contributed by atoms with Crippen LogP contribution in [0.3, 0.4) is 0 Å². The molecular formula is C12H13N5O3. The Balaban J connectivity index is 2.18. The molecule has 0 spiro atoms. The highest BCUT2D eigenvalue weighted by Crippen LogP contribution is 2.13. The molecule has 0 radical (unpaired) electrons. The summed E-state index contributed by atoms with van der Waals surface area (Å²) in [7, 11) is 1.66. The van der Waals surface area contributed by atoms with E-state index < -0.39 is 17.9 Å². The number of nitrogens with zero attached hydrogens (tertiary/aromatic N) is 3. The van der Waals surface area contributed by atoms with Gasteiger partial charge in [0, 0.05) is 18.8 Å². The van der Waals surface area contributed by atoms with Crippen molar-refractivity contribution in [2.24, 2.45) is 7.05 Å². The number of hydrogen-bond acceptors (Lipinski definition) is 5. The van der Waals surface area contributed by atoms with E-state index in [1.54, 1.807) is 7.05 Å². The first-order valence-corrected chi connectivity index (χ1v) is 5.71. The number of aliphatic carboxylic acids is 1. The van der Waals surface area contributed by atoms with E-state index in [0.717, 1.165) is 0 Å². The molecule has 2 aromatic heterocycles. The Morgan fingerprint density at radius 1 is 1.40 bits per heavy atom. The van der Waals surface area contributed by atoms with Crippen molar-refractivity contribution < 1.29 is 14.7 Å². The molecule has 4 N–H and O–H groups in total. The fraction of sp³-hybridized carbons (Fsp3) is 0.167. The molecule has 8 heteroatoms. The first-order valence-electron chi connectivity index (χ1n) is 5.71. The number of nitrogens with two attached hydrogens (primary N) is 1. The van der Waals surface area contributed by atoms with Crippen LogP contribution in [0, 0.1) is 0 Å². The van der Waals surface area contributed by atoms with Crippen molar-refractivity contribution in [2.45, 2.75) is 6.04 Å². The lowest BCUT2D eigenvalue weighted by molar-refractivity contribution is -0.139. The number of carbonyl (C=O) groups excluding carboxylic acids is 1. The largest absolute Gasteiger partial charge is 0.479 e. The van der Waals surface area contributed by atoms with Crippen molar-refractivity contribution in [3.63, 3.8) is 0 Å². The molecule has 1 atom stereocenters. The lowest BCUT2D eigenvalue weighted by atomic mass is 10.1. The van der Waals surface area contributed by atoms with E-state index in [2.05, 4.69) is 15.4 Å². The van der Waals surface area contributed by atoms with Gasteiger partial charge in [0.2, 0.25) is 0 Å². The summed E-state index contributed by atoms with van der Waals surface area (Å²) in [5.74, 6) is -1.77. The summed E-state index contributed by atoms with van der Waals surface area (Å²) < 4.78 is 1.46. The van der Waals surface area contributed by atoms with Crippen molar-refractivity contribution in [1.29, 1.82) is 0 Å². The summed E-state index contributed by atoms with van der Waals surface area (Å²) >= 11 is 0. The van der Waals surface area contributed by atoms with Crippen LogP contribution in [-0.4, -0.2) is 31.7 Å². The number of aryl methyl sites for hydroxylation is 1.